The molecule has 0 saturated carbocycles. The Balaban J connectivity index is 2.80. The van der Waals surface area contributed by atoms with E-state index in [9.17, 15) is 14.0 Å². The van der Waals surface area contributed by atoms with Gasteiger partial charge in [-0.15, -0.1) is 0 Å². The summed E-state index contributed by atoms with van der Waals surface area (Å²) in [5, 5.41) is 17.3. The highest BCUT2D eigenvalue weighted by atomic mass is 35.5. The van der Waals surface area contributed by atoms with Gasteiger partial charge in [0.25, 0.3) is 0 Å². The van der Waals surface area contributed by atoms with Crippen LogP contribution in [0.4, 0.5) is 9.18 Å². The fourth-order valence-corrected chi connectivity index (χ4v) is 1.98. The van der Waals surface area contributed by atoms with Crippen LogP contribution in [0.2, 0.25) is 5.02 Å². The maximum Gasteiger partial charge on any atom is 0.511 e. The summed E-state index contributed by atoms with van der Waals surface area (Å²) in [6.07, 6.45) is -0.532. The summed E-state index contributed by atoms with van der Waals surface area (Å²) in [7, 11) is 0. The molecule has 2 N–H and O–H groups in total. The zero-order chi connectivity index (χ0) is 14.9. The Morgan fingerprint density at radius 2 is 2.15 bits per heavy atom. The van der Waals surface area contributed by atoms with Crippen molar-refractivity contribution in [3.8, 4) is 5.75 Å². The molecule has 0 bridgehead atoms. The van der Waals surface area contributed by atoms with Crippen molar-refractivity contribution >= 4 is 28.7 Å². The number of hydrogen-bond acceptors (Lipinski definition) is 4. The average molecular weight is 302 g/mol. The topological polar surface area (TPSA) is 88.8 Å². The number of aliphatic hydroxyl groups excluding tert-OH is 1. The number of carboxylic acid groups (broad SMARTS) is 1. The number of fused-ring (bicyclic) bond motifs is 1. The molecule has 6 nitrogen and oxygen atoms in total. The number of pyridine rings is 1. The van der Waals surface area contributed by atoms with E-state index in [1.807, 2.05) is 0 Å². The van der Waals surface area contributed by atoms with Gasteiger partial charge < -0.3 is 19.5 Å². The van der Waals surface area contributed by atoms with Crippen LogP contribution < -0.4 is 10.2 Å². The second-order valence-corrected chi connectivity index (χ2v) is 4.30. The van der Waals surface area contributed by atoms with Crippen molar-refractivity contribution in [2.75, 3.05) is 6.61 Å². The van der Waals surface area contributed by atoms with Gasteiger partial charge >= 0.3 is 6.16 Å². The van der Waals surface area contributed by atoms with Gasteiger partial charge in [-0.2, -0.15) is 0 Å². The molecular weight excluding hydrogens is 293 g/mol. The molecule has 0 amide bonds. The molecule has 0 aliphatic carbocycles. The minimum absolute atomic E-state index is 0.0642. The lowest BCUT2D eigenvalue weighted by Crippen LogP contribution is -2.17. The quantitative estimate of drug-likeness (QED) is 0.845. The van der Waals surface area contributed by atoms with Crippen LogP contribution in [0.15, 0.2) is 23.1 Å². The summed E-state index contributed by atoms with van der Waals surface area (Å²) < 4.78 is 19.2. The van der Waals surface area contributed by atoms with Crippen molar-refractivity contribution in [1.82, 2.24) is 4.57 Å². The number of benzene rings is 1. The minimum atomic E-state index is -1.66. The van der Waals surface area contributed by atoms with Crippen LogP contribution in [0, 0.1) is 5.82 Å². The van der Waals surface area contributed by atoms with Crippen LogP contribution in [0.3, 0.4) is 0 Å². The van der Waals surface area contributed by atoms with Crippen molar-refractivity contribution < 1.29 is 24.1 Å². The van der Waals surface area contributed by atoms with Crippen molar-refractivity contribution in [3.05, 3.63) is 39.4 Å². The van der Waals surface area contributed by atoms with Gasteiger partial charge in [-0.25, -0.2) is 9.18 Å². The Morgan fingerprint density at radius 1 is 1.45 bits per heavy atom. The molecule has 0 saturated heterocycles. The zero-order valence-corrected chi connectivity index (χ0v) is 10.7. The van der Waals surface area contributed by atoms with Crippen molar-refractivity contribution in [3.63, 3.8) is 0 Å². The molecule has 8 heteroatoms. The molecule has 0 unspecified atom stereocenters. The number of carbonyl (C=O) groups is 1. The maximum atomic E-state index is 13.5. The summed E-state index contributed by atoms with van der Waals surface area (Å²) in [5.74, 6) is -1.28. The smallest absolute Gasteiger partial charge is 0.449 e. The van der Waals surface area contributed by atoms with Gasteiger partial charge in [0.1, 0.15) is 5.82 Å². The largest absolute Gasteiger partial charge is 0.511 e. The maximum absolute atomic E-state index is 13.5. The van der Waals surface area contributed by atoms with E-state index >= 15 is 0 Å². The molecule has 0 fully saturated rings. The van der Waals surface area contributed by atoms with Crippen LogP contribution in [0.5, 0.6) is 5.75 Å². The lowest BCUT2D eigenvalue weighted by Gasteiger charge is -2.12. The fourth-order valence-electron chi connectivity index (χ4n) is 1.82. The third-order valence-corrected chi connectivity index (χ3v) is 2.92. The van der Waals surface area contributed by atoms with Crippen LogP contribution in [-0.4, -0.2) is 27.5 Å². The molecule has 2 rings (SSSR count). The number of ether oxygens (including phenoxy) is 1. The Bertz CT molecular complexity index is 743. The molecule has 0 radical (unpaired) electrons. The lowest BCUT2D eigenvalue weighted by atomic mass is 10.2. The predicted octanol–water partition coefficient (Wildman–Crippen LogP) is 1.84. The molecule has 20 heavy (non-hydrogen) atoms. The third kappa shape index (κ3) is 2.59. The minimum Gasteiger partial charge on any atom is -0.449 e. The monoisotopic (exact) mass is 301 g/mol. The second kappa shape index (κ2) is 5.48. The number of aliphatic hydroxyl groups is 1. The van der Waals surface area contributed by atoms with Gasteiger partial charge in [0.15, 0.2) is 5.75 Å². The molecule has 1 aromatic carbocycles. The second-order valence-electron chi connectivity index (χ2n) is 3.89. The Kier molecular flexibility index (Phi) is 3.91. The number of nitrogens with zero attached hydrogens (tertiary/aromatic N) is 1. The normalized spacial score (nSPS) is 10.8. The molecule has 0 spiro atoms. The third-order valence-electron chi connectivity index (χ3n) is 2.63. The van der Waals surface area contributed by atoms with Crippen LogP contribution in [0.25, 0.3) is 10.9 Å². The van der Waals surface area contributed by atoms with Gasteiger partial charge in [0.2, 0.25) is 5.43 Å². The molecule has 0 aliphatic rings. The highest BCUT2D eigenvalue weighted by Crippen LogP contribution is 2.23. The van der Waals surface area contributed by atoms with Crippen LogP contribution in [-0.2, 0) is 6.54 Å². The zero-order valence-electron chi connectivity index (χ0n) is 9.97. The van der Waals surface area contributed by atoms with E-state index in [1.54, 1.807) is 0 Å². The summed E-state index contributed by atoms with van der Waals surface area (Å²) in [4.78, 5) is 22.5. The summed E-state index contributed by atoms with van der Waals surface area (Å²) in [5.41, 5.74) is -0.500. The number of aromatic nitrogens is 1. The van der Waals surface area contributed by atoms with Gasteiger partial charge in [0, 0.05) is 6.54 Å². The highest BCUT2D eigenvalue weighted by molar-refractivity contribution is 6.31. The van der Waals surface area contributed by atoms with E-state index < -0.39 is 23.2 Å². The summed E-state index contributed by atoms with van der Waals surface area (Å²) >= 11 is 5.66. The fraction of sp³-hybridized carbons (Fsp3) is 0.167. The first-order chi connectivity index (χ1) is 9.43. The molecule has 0 atom stereocenters. The molecule has 1 heterocycles. The predicted molar refractivity (Wildman–Crippen MR) is 68.9 cm³/mol. The number of rotatable bonds is 3. The highest BCUT2D eigenvalue weighted by Gasteiger charge is 2.15. The average Bonchev–Trinajstić information content (AvgIpc) is 2.37. The Hall–Kier alpha value is -2.12. The molecule has 2 aromatic rings. The Morgan fingerprint density at radius 3 is 2.75 bits per heavy atom. The summed E-state index contributed by atoms with van der Waals surface area (Å²) in [6.45, 7) is -0.200. The molecule has 106 valence electrons. The van der Waals surface area contributed by atoms with E-state index in [1.165, 1.54) is 10.6 Å². The lowest BCUT2D eigenvalue weighted by molar-refractivity contribution is 0.143. The summed E-state index contributed by atoms with van der Waals surface area (Å²) in [6, 6.07) is 2.14. The van der Waals surface area contributed by atoms with Crippen molar-refractivity contribution in [1.29, 1.82) is 0 Å². The SMILES string of the molecule is O=C(O)Oc1cn(CCO)c2cc(Cl)c(F)cc2c1=O. The van der Waals surface area contributed by atoms with Gasteiger partial charge in [-0.05, 0) is 12.1 Å². The van der Waals surface area contributed by atoms with E-state index in [0.29, 0.717) is 0 Å². The van der Waals surface area contributed by atoms with Crippen LogP contribution >= 0.6 is 11.6 Å². The first-order valence-electron chi connectivity index (χ1n) is 5.48. The van der Waals surface area contributed by atoms with E-state index in [4.69, 9.17) is 21.8 Å². The van der Waals surface area contributed by atoms with E-state index in [0.717, 1.165) is 12.3 Å². The number of hydrogen-bond donors (Lipinski definition) is 2. The first-order valence-corrected chi connectivity index (χ1v) is 5.85. The molecular formula is C12H9ClFNO5. The van der Waals surface area contributed by atoms with Crippen LogP contribution in [0.1, 0.15) is 0 Å². The van der Waals surface area contributed by atoms with Gasteiger partial charge in [-0.3, -0.25) is 4.79 Å². The van der Waals surface area contributed by atoms with Crippen molar-refractivity contribution in [2.45, 2.75) is 6.54 Å². The standard InChI is InChI=1S/C12H9ClFNO5/c13-7-4-9-6(3-8(7)14)11(17)10(20-12(18)19)5-15(9)1-2-16/h3-5,16H,1-2H2,(H,18,19). The Labute approximate surface area is 116 Å². The molecule has 1 aromatic heterocycles. The van der Waals surface area contributed by atoms with Crippen molar-refractivity contribution in [2.24, 2.45) is 0 Å². The van der Waals surface area contributed by atoms with Gasteiger partial charge in [0.05, 0.1) is 28.7 Å². The van der Waals surface area contributed by atoms with E-state index in [2.05, 4.69) is 4.74 Å². The number of halogens is 2. The van der Waals surface area contributed by atoms with E-state index in [-0.39, 0.29) is 29.1 Å². The first kappa shape index (κ1) is 14.3. The molecule has 0 aliphatic heterocycles. The van der Waals surface area contributed by atoms with Gasteiger partial charge in [-0.1, -0.05) is 11.6 Å².